The van der Waals surface area contributed by atoms with Gasteiger partial charge in [0.2, 0.25) is 0 Å². The fourth-order valence-corrected chi connectivity index (χ4v) is 5.54. The van der Waals surface area contributed by atoms with Gasteiger partial charge in [-0.1, -0.05) is 60.7 Å². The van der Waals surface area contributed by atoms with Gasteiger partial charge in [0.25, 0.3) is 0 Å². The van der Waals surface area contributed by atoms with Crippen LogP contribution in [0.15, 0.2) is 78.9 Å². The number of carbonyl (C=O) groups excluding carboxylic acids is 1. The Balaban J connectivity index is 1.71. The summed E-state index contributed by atoms with van der Waals surface area (Å²) in [6.07, 6.45) is 0.977. The van der Waals surface area contributed by atoms with Crippen molar-refractivity contribution in [1.82, 2.24) is 0 Å². The summed E-state index contributed by atoms with van der Waals surface area (Å²) >= 11 is -0.261. The molecule has 31 heavy (non-hydrogen) atoms. The molecule has 0 saturated carbocycles. The molecule has 0 bridgehead atoms. The van der Waals surface area contributed by atoms with Crippen molar-refractivity contribution in [3.63, 3.8) is 0 Å². The van der Waals surface area contributed by atoms with Crippen molar-refractivity contribution in [2.45, 2.75) is 11.7 Å². The van der Waals surface area contributed by atoms with Gasteiger partial charge < -0.3 is 14.1 Å². The van der Waals surface area contributed by atoms with Crippen LogP contribution in [-0.2, 0) is 21.6 Å². The summed E-state index contributed by atoms with van der Waals surface area (Å²) in [6, 6.07) is 25.2. The van der Waals surface area contributed by atoms with Crippen molar-refractivity contribution in [1.29, 1.82) is 0 Å². The highest BCUT2D eigenvalue weighted by molar-refractivity contribution is 7.78. The second kappa shape index (κ2) is 8.23. The molecule has 2 atom stereocenters. The molecule has 0 amide bonds. The van der Waals surface area contributed by atoms with Crippen LogP contribution in [0.25, 0.3) is 21.4 Å². The summed E-state index contributed by atoms with van der Waals surface area (Å²) in [5.74, 6) is 0.931. The summed E-state index contributed by atoms with van der Waals surface area (Å²) in [5, 5.41) is 1.12. The Kier molecular flexibility index (Phi) is 5.28. The van der Waals surface area contributed by atoms with E-state index in [1.54, 1.807) is 11.3 Å². The SMILES string of the molecule is O=CC1C(c2cc3ccccc3s2)=C(c2ccc(CS(=O)O)cc2)Oc2ccccc21. The minimum atomic E-state index is -1.90. The van der Waals surface area contributed by atoms with Gasteiger partial charge in [-0.15, -0.1) is 11.3 Å². The van der Waals surface area contributed by atoms with E-state index in [9.17, 15) is 9.00 Å². The summed E-state index contributed by atoms with van der Waals surface area (Å²) in [7, 11) is 0. The molecule has 1 aromatic heterocycles. The van der Waals surface area contributed by atoms with Crippen molar-refractivity contribution >= 4 is 50.1 Å². The summed E-state index contributed by atoms with van der Waals surface area (Å²) < 4.78 is 27.8. The average Bonchev–Trinajstić information content (AvgIpc) is 3.22. The molecule has 6 heteroatoms. The van der Waals surface area contributed by atoms with Gasteiger partial charge in [-0.3, -0.25) is 0 Å². The Hall–Kier alpha value is -3.06. The maximum Gasteiger partial charge on any atom is 0.157 e. The van der Waals surface area contributed by atoms with Gasteiger partial charge in [0.15, 0.2) is 11.1 Å². The molecular formula is C25H18O4S2. The van der Waals surface area contributed by atoms with E-state index in [1.807, 2.05) is 60.7 Å². The molecule has 2 heterocycles. The number of allylic oxidation sites excluding steroid dienone is 1. The molecule has 0 spiro atoms. The Labute approximate surface area is 186 Å². The molecule has 2 unspecified atom stereocenters. The van der Waals surface area contributed by atoms with Gasteiger partial charge in [0, 0.05) is 26.3 Å². The zero-order valence-corrected chi connectivity index (χ0v) is 18.0. The first-order valence-electron chi connectivity index (χ1n) is 9.76. The molecule has 1 N–H and O–H groups in total. The molecule has 5 rings (SSSR count). The van der Waals surface area contributed by atoms with E-state index < -0.39 is 17.0 Å². The summed E-state index contributed by atoms with van der Waals surface area (Å²) in [4.78, 5) is 13.3. The third kappa shape index (κ3) is 3.74. The van der Waals surface area contributed by atoms with Gasteiger partial charge in [-0.25, -0.2) is 4.21 Å². The summed E-state index contributed by atoms with van der Waals surface area (Å²) in [5.41, 5.74) is 3.27. The fraction of sp³-hybridized carbons (Fsp3) is 0.0800. The van der Waals surface area contributed by atoms with Crippen molar-refractivity contribution in [2.75, 3.05) is 0 Å². The van der Waals surface area contributed by atoms with Crippen LogP contribution < -0.4 is 4.74 Å². The van der Waals surface area contributed by atoms with Gasteiger partial charge in [-0.05, 0) is 29.1 Å². The van der Waals surface area contributed by atoms with E-state index in [4.69, 9.17) is 9.29 Å². The molecule has 3 aromatic carbocycles. The Morgan fingerprint density at radius 2 is 1.74 bits per heavy atom. The number of carbonyl (C=O) groups is 1. The maximum atomic E-state index is 12.3. The monoisotopic (exact) mass is 446 g/mol. The lowest BCUT2D eigenvalue weighted by Crippen LogP contribution is -2.15. The highest BCUT2D eigenvalue weighted by Gasteiger charge is 2.32. The molecule has 0 aliphatic carbocycles. The second-order valence-corrected chi connectivity index (χ2v) is 9.32. The molecule has 0 radical (unpaired) electrons. The van der Waals surface area contributed by atoms with Crippen LogP contribution in [-0.4, -0.2) is 15.0 Å². The number of ether oxygens (including phenoxy) is 1. The van der Waals surface area contributed by atoms with Crippen LogP contribution in [0.1, 0.15) is 27.5 Å². The Morgan fingerprint density at radius 3 is 2.48 bits per heavy atom. The summed E-state index contributed by atoms with van der Waals surface area (Å²) in [6.45, 7) is 0. The van der Waals surface area contributed by atoms with Crippen molar-refractivity contribution < 1.29 is 18.3 Å². The standard InChI is InChI=1S/C25H18O4S2/c26-14-20-19-6-2-3-7-21(19)29-25(17-11-9-16(10-12-17)15-31(27)28)24(20)23-13-18-5-1-4-8-22(18)30-23/h1-14,20H,15H2,(H,27,28). The van der Waals surface area contributed by atoms with Gasteiger partial charge in [0.05, 0.1) is 11.7 Å². The first-order chi connectivity index (χ1) is 15.1. The van der Waals surface area contributed by atoms with Crippen LogP contribution in [0.5, 0.6) is 5.75 Å². The van der Waals surface area contributed by atoms with Crippen molar-refractivity contribution in [3.05, 3.63) is 100 Å². The van der Waals surface area contributed by atoms with E-state index in [-0.39, 0.29) is 5.75 Å². The highest BCUT2D eigenvalue weighted by Crippen LogP contribution is 2.48. The molecule has 0 saturated heterocycles. The van der Waals surface area contributed by atoms with Crippen molar-refractivity contribution in [2.24, 2.45) is 0 Å². The number of para-hydroxylation sites is 1. The minimum Gasteiger partial charge on any atom is -0.456 e. The minimum absolute atomic E-state index is 0.0726. The maximum absolute atomic E-state index is 12.3. The van der Waals surface area contributed by atoms with Crippen LogP contribution in [0.3, 0.4) is 0 Å². The number of thiophene rings is 1. The third-order valence-electron chi connectivity index (χ3n) is 5.36. The number of hydrogen-bond donors (Lipinski definition) is 1. The Bertz CT molecular complexity index is 1300. The lowest BCUT2D eigenvalue weighted by molar-refractivity contribution is -0.108. The van der Waals surface area contributed by atoms with E-state index >= 15 is 0 Å². The number of fused-ring (bicyclic) bond motifs is 2. The van der Waals surface area contributed by atoms with Gasteiger partial charge in [-0.2, -0.15) is 0 Å². The lowest BCUT2D eigenvalue weighted by Gasteiger charge is -2.27. The van der Waals surface area contributed by atoms with Gasteiger partial charge in [0.1, 0.15) is 17.8 Å². The van der Waals surface area contributed by atoms with E-state index in [0.717, 1.165) is 43.5 Å². The molecule has 154 valence electrons. The molecule has 1 aliphatic rings. The predicted octanol–water partition coefficient (Wildman–Crippen LogP) is 5.87. The zero-order valence-electron chi connectivity index (χ0n) is 16.4. The fourth-order valence-electron chi connectivity index (χ4n) is 3.92. The first kappa shape index (κ1) is 19.9. The van der Waals surface area contributed by atoms with Crippen molar-refractivity contribution in [3.8, 4) is 5.75 Å². The Morgan fingerprint density at radius 1 is 1.00 bits per heavy atom. The second-order valence-electron chi connectivity index (χ2n) is 7.31. The topological polar surface area (TPSA) is 63.6 Å². The number of rotatable bonds is 5. The van der Waals surface area contributed by atoms with Crippen LogP contribution in [0, 0.1) is 0 Å². The zero-order chi connectivity index (χ0) is 21.4. The van der Waals surface area contributed by atoms with E-state index in [2.05, 4.69) is 18.2 Å². The highest BCUT2D eigenvalue weighted by atomic mass is 32.2. The average molecular weight is 447 g/mol. The van der Waals surface area contributed by atoms with Crippen LogP contribution in [0.2, 0.25) is 0 Å². The quantitative estimate of drug-likeness (QED) is 0.308. The molecular weight excluding hydrogens is 428 g/mol. The van der Waals surface area contributed by atoms with Crippen LogP contribution in [0.4, 0.5) is 0 Å². The van der Waals surface area contributed by atoms with E-state index in [1.165, 1.54) is 0 Å². The molecule has 1 aliphatic heterocycles. The molecule has 4 aromatic rings. The lowest BCUT2D eigenvalue weighted by atomic mass is 9.86. The number of benzene rings is 3. The third-order valence-corrected chi connectivity index (χ3v) is 7.08. The normalized spacial score (nSPS) is 16.6. The van der Waals surface area contributed by atoms with E-state index in [0.29, 0.717) is 11.5 Å². The van der Waals surface area contributed by atoms with Gasteiger partial charge >= 0.3 is 0 Å². The first-order valence-corrected chi connectivity index (χ1v) is 11.9. The predicted molar refractivity (Wildman–Crippen MR) is 125 cm³/mol. The largest absolute Gasteiger partial charge is 0.456 e. The number of aldehydes is 1. The molecule has 0 fully saturated rings. The van der Waals surface area contributed by atoms with Crippen LogP contribution >= 0.6 is 11.3 Å². The smallest absolute Gasteiger partial charge is 0.157 e. The number of hydrogen-bond acceptors (Lipinski definition) is 4. The molecule has 4 nitrogen and oxygen atoms in total.